The number of methoxy groups -OCH3 is 1. The van der Waals surface area contributed by atoms with Gasteiger partial charge < -0.3 is 14.2 Å². The van der Waals surface area contributed by atoms with Crippen LogP contribution in [0.25, 0.3) is 0 Å². The Hall–Kier alpha value is -1.88. The van der Waals surface area contributed by atoms with Crippen molar-refractivity contribution in [1.82, 2.24) is 0 Å². The molecule has 1 fully saturated rings. The highest BCUT2D eigenvalue weighted by Gasteiger charge is 2.56. The van der Waals surface area contributed by atoms with Gasteiger partial charge in [0.1, 0.15) is 0 Å². The summed E-state index contributed by atoms with van der Waals surface area (Å²) in [5.41, 5.74) is -0.853. The third-order valence-corrected chi connectivity index (χ3v) is 2.95. The maximum atomic E-state index is 12.2. The van der Waals surface area contributed by atoms with Crippen LogP contribution < -0.4 is 0 Å². The first-order chi connectivity index (χ1) is 8.89. The van der Waals surface area contributed by atoms with Crippen molar-refractivity contribution in [3.05, 3.63) is 35.9 Å². The Labute approximate surface area is 111 Å². The summed E-state index contributed by atoms with van der Waals surface area (Å²) in [4.78, 5) is 23.8. The van der Waals surface area contributed by atoms with Gasteiger partial charge in [-0.15, -0.1) is 0 Å². The second-order valence-electron chi connectivity index (χ2n) is 4.84. The summed E-state index contributed by atoms with van der Waals surface area (Å²) in [5, 5.41) is 0. The Kier molecular flexibility index (Phi) is 3.32. The number of ether oxygens (including phenoxy) is 3. The molecule has 0 radical (unpaired) electrons. The van der Waals surface area contributed by atoms with E-state index in [9.17, 15) is 9.59 Å². The molecular weight excluding hydrogens is 248 g/mol. The molecular formula is C14H16O5. The maximum Gasteiger partial charge on any atom is 0.346 e. The molecule has 1 aliphatic rings. The topological polar surface area (TPSA) is 61.8 Å². The van der Waals surface area contributed by atoms with Crippen LogP contribution in [0.4, 0.5) is 0 Å². The van der Waals surface area contributed by atoms with Crippen molar-refractivity contribution >= 4 is 11.9 Å². The number of cyclic esters (lactones) is 1. The van der Waals surface area contributed by atoms with Crippen LogP contribution in [0, 0.1) is 0 Å². The zero-order valence-corrected chi connectivity index (χ0v) is 11.1. The molecule has 0 spiro atoms. The zero-order valence-electron chi connectivity index (χ0n) is 11.1. The first-order valence-corrected chi connectivity index (χ1v) is 5.95. The van der Waals surface area contributed by atoms with Gasteiger partial charge in [0, 0.05) is 13.8 Å². The summed E-state index contributed by atoms with van der Waals surface area (Å²) in [7, 11) is 1.27. The molecule has 1 aromatic carbocycles. The number of esters is 2. The average molecular weight is 264 g/mol. The van der Waals surface area contributed by atoms with Crippen LogP contribution in [0.1, 0.15) is 25.8 Å². The van der Waals surface area contributed by atoms with Gasteiger partial charge in [0.15, 0.2) is 0 Å². The molecule has 1 aromatic rings. The van der Waals surface area contributed by atoms with Crippen molar-refractivity contribution < 1.29 is 23.8 Å². The molecule has 0 aromatic heterocycles. The third kappa shape index (κ3) is 2.46. The number of benzene rings is 1. The van der Waals surface area contributed by atoms with E-state index in [1.54, 1.807) is 38.1 Å². The Bertz CT molecular complexity index is 494. The van der Waals surface area contributed by atoms with E-state index in [2.05, 4.69) is 4.74 Å². The summed E-state index contributed by atoms with van der Waals surface area (Å²) in [6.45, 7) is 3.26. The van der Waals surface area contributed by atoms with Crippen LogP contribution in [0.15, 0.2) is 30.3 Å². The Balaban J connectivity index is 2.46. The lowest BCUT2D eigenvalue weighted by molar-refractivity contribution is -0.173. The minimum Gasteiger partial charge on any atom is -0.469 e. The second-order valence-corrected chi connectivity index (χ2v) is 4.84. The van der Waals surface area contributed by atoms with Crippen molar-refractivity contribution in [2.45, 2.75) is 31.7 Å². The van der Waals surface area contributed by atoms with E-state index in [1.165, 1.54) is 7.11 Å². The lowest BCUT2D eigenvalue weighted by Crippen LogP contribution is -2.37. The summed E-state index contributed by atoms with van der Waals surface area (Å²) < 4.78 is 15.6. The fraction of sp³-hybridized carbons (Fsp3) is 0.429. The van der Waals surface area contributed by atoms with E-state index in [-0.39, 0.29) is 6.42 Å². The van der Waals surface area contributed by atoms with Gasteiger partial charge in [-0.3, -0.25) is 4.79 Å². The maximum absolute atomic E-state index is 12.2. The fourth-order valence-corrected chi connectivity index (χ4v) is 2.16. The van der Waals surface area contributed by atoms with E-state index in [1.807, 2.05) is 6.07 Å². The number of hydrogen-bond donors (Lipinski definition) is 0. The summed E-state index contributed by atoms with van der Waals surface area (Å²) in [6, 6.07) is 8.82. The van der Waals surface area contributed by atoms with E-state index in [4.69, 9.17) is 9.47 Å². The van der Waals surface area contributed by atoms with E-state index in [0.29, 0.717) is 5.56 Å². The normalized spacial score (nSPS) is 24.9. The van der Waals surface area contributed by atoms with Gasteiger partial charge in [0.05, 0.1) is 13.5 Å². The standard InChI is InChI=1S/C14H16O5/c1-13(2)18-12(16)14(19-13,9-11(15)17-3)10-7-5-4-6-8-10/h4-8H,9H2,1-3H3. The van der Waals surface area contributed by atoms with Gasteiger partial charge in [-0.25, -0.2) is 4.79 Å². The highest BCUT2D eigenvalue weighted by Crippen LogP contribution is 2.42. The SMILES string of the molecule is COC(=O)CC1(c2ccccc2)OC(C)(C)OC1=O. The van der Waals surface area contributed by atoms with Gasteiger partial charge in [0.25, 0.3) is 0 Å². The largest absolute Gasteiger partial charge is 0.469 e. The molecule has 5 heteroatoms. The summed E-state index contributed by atoms with van der Waals surface area (Å²) >= 11 is 0. The molecule has 2 rings (SSSR count). The minimum atomic E-state index is -1.43. The van der Waals surface area contributed by atoms with Crippen LogP contribution >= 0.6 is 0 Å². The molecule has 0 bridgehead atoms. The van der Waals surface area contributed by atoms with Crippen molar-refractivity contribution in [3.63, 3.8) is 0 Å². The van der Waals surface area contributed by atoms with Crippen LogP contribution in [-0.4, -0.2) is 24.8 Å². The number of carbonyl (C=O) groups excluding carboxylic acids is 2. The van der Waals surface area contributed by atoms with Crippen LogP contribution in [-0.2, 0) is 29.4 Å². The first kappa shape index (κ1) is 13.5. The molecule has 0 aliphatic carbocycles. The monoisotopic (exact) mass is 264 g/mol. The molecule has 1 saturated heterocycles. The summed E-state index contributed by atoms with van der Waals surface area (Å²) in [6.07, 6.45) is -0.213. The van der Waals surface area contributed by atoms with E-state index < -0.39 is 23.3 Å². The molecule has 1 atom stereocenters. The quantitative estimate of drug-likeness (QED) is 0.778. The van der Waals surface area contributed by atoms with Crippen LogP contribution in [0.2, 0.25) is 0 Å². The molecule has 102 valence electrons. The summed E-state index contributed by atoms with van der Waals surface area (Å²) in [5.74, 6) is -2.17. The van der Waals surface area contributed by atoms with Gasteiger partial charge in [0.2, 0.25) is 11.4 Å². The van der Waals surface area contributed by atoms with Crippen LogP contribution in [0.3, 0.4) is 0 Å². The number of rotatable bonds is 3. The average Bonchev–Trinajstić information content (AvgIpc) is 2.60. The fourth-order valence-electron chi connectivity index (χ4n) is 2.16. The Morgan fingerprint density at radius 2 is 1.89 bits per heavy atom. The molecule has 0 N–H and O–H groups in total. The van der Waals surface area contributed by atoms with Crippen LogP contribution in [0.5, 0.6) is 0 Å². The molecule has 0 amide bonds. The van der Waals surface area contributed by atoms with E-state index >= 15 is 0 Å². The zero-order chi connectivity index (χ0) is 14.1. The second kappa shape index (κ2) is 4.66. The smallest absolute Gasteiger partial charge is 0.346 e. The van der Waals surface area contributed by atoms with Crippen molar-refractivity contribution in [2.75, 3.05) is 7.11 Å². The minimum absolute atomic E-state index is 0.213. The first-order valence-electron chi connectivity index (χ1n) is 5.95. The number of carbonyl (C=O) groups is 2. The molecule has 19 heavy (non-hydrogen) atoms. The number of hydrogen-bond acceptors (Lipinski definition) is 5. The third-order valence-electron chi connectivity index (χ3n) is 2.95. The predicted molar refractivity (Wildman–Crippen MR) is 66.0 cm³/mol. The van der Waals surface area contributed by atoms with Gasteiger partial charge >= 0.3 is 11.9 Å². The molecule has 1 aliphatic heterocycles. The lowest BCUT2D eigenvalue weighted by Gasteiger charge is -2.25. The Morgan fingerprint density at radius 3 is 2.37 bits per heavy atom. The van der Waals surface area contributed by atoms with Crippen molar-refractivity contribution in [2.24, 2.45) is 0 Å². The lowest BCUT2D eigenvalue weighted by atomic mass is 9.90. The highest BCUT2D eigenvalue weighted by atomic mass is 16.8. The van der Waals surface area contributed by atoms with Crippen molar-refractivity contribution in [1.29, 1.82) is 0 Å². The van der Waals surface area contributed by atoms with Gasteiger partial charge in [-0.2, -0.15) is 0 Å². The molecule has 1 unspecified atom stereocenters. The van der Waals surface area contributed by atoms with Gasteiger partial charge in [-0.1, -0.05) is 30.3 Å². The van der Waals surface area contributed by atoms with Gasteiger partial charge in [-0.05, 0) is 5.56 Å². The molecule has 1 heterocycles. The van der Waals surface area contributed by atoms with E-state index in [0.717, 1.165) is 0 Å². The van der Waals surface area contributed by atoms with Crippen molar-refractivity contribution in [3.8, 4) is 0 Å². The predicted octanol–water partition coefficient (Wildman–Crippen LogP) is 1.75. The molecule has 5 nitrogen and oxygen atoms in total. The highest BCUT2D eigenvalue weighted by molar-refractivity contribution is 5.88. The Morgan fingerprint density at radius 1 is 1.26 bits per heavy atom. The molecule has 0 saturated carbocycles.